The predicted octanol–water partition coefficient (Wildman–Crippen LogP) is 0.371. The zero-order chi connectivity index (χ0) is 15.5. The molecule has 1 saturated heterocycles. The van der Waals surface area contributed by atoms with Gasteiger partial charge < -0.3 is 10.1 Å². The molecule has 0 aromatic carbocycles. The molecular weight excluding hydrogens is 304 g/mol. The molecule has 1 aliphatic rings. The summed E-state index contributed by atoms with van der Waals surface area (Å²) in [7, 11) is 0. The highest BCUT2D eigenvalue weighted by Crippen LogP contribution is 2.18. The van der Waals surface area contributed by atoms with Crippen LogP contribution in [0.2, 0.25) is 0 Å². The van der Waals surface area contributed by atoms with Gasteiger partial charge in [0.1, 0.15) is 0 Å². The van der Waals surface area contributed by atoms with Crippen LogP contribution >= 0.6 is 11.3 Å². The summed E-state index contributed by atoms with van der Waals surface area (Å²) in [5.74, 6) is 0.839. The molecule has 9 heteroatoms. The van der Waals surface area contributed by atoms with Crippen molar-refractivity contribution in [3.05, 3.63) is 10.8 Å². The van der Waals surface area contributed by atoms with Gasteiger partial charge in [-0.25, -0.2) is 0 Å². The van der Waals surface area contributed by atoms with E-state index in [1.165, 1.54) is 11.3 Å². The lowest BCUT2D eigenvalue weighted by Crippen LogP contribution is -2.41. The van der Waals surface area contributed by atoms with Crippen molar-refractivity contribution >= 4 is 22.2 Å². The summed E-state index contributed by atoms with van der Waals surface area (Å²) in [6.45, 7) is 8.86. The van der Waals surface area contributed by atoms with Crippen LogP contribution in [0, 0.1) is 0 Å². The fourth-order valence-corrected chi connectivity index (χ4v) is 3.07. The normalized spacial score (nSPS) is 16.5. The second kappa shape index (κ2) is 6.67. The lowest BCUT2D eigenvalue weighted by atomic mass is 10.2. The largest absolute Gasteiger partial charge is 0.379 e. The summed E-state index contributed by atoms with van der Waals surface area (Å²) in [4.78, 5) is 15.1. The van der Waals surface area contributed by atoms with Gasteiger partial charge in [-0.15, -0.1) is 15.3 Å². The molecular formula is C13H20N6O2S. The Morgan fingerprint density at radius 2 is 2.14 bits per heavy atom. The molecule has 0 radical (unpaired) electrons. The first-order valence-electron chi connectivity index (χ1n) is 7.45. The van der Waals surface area contributed by atoms with Crippen LogP contribution in [0.5, 0.6) is 0 Å². The van der Waals surface area contributed by atoms with Crippen molar-refractivity contribution in [1.29, 1.82) is 0 Å². The van der Waals surface area contributed by atoms with Crippen molar-refractivity contribution in [2.24, 2.45) is 0 Å². The Balaban J connectivity index is 1.57. The minimum Gasteiger partial charge on any atom is -0.379 e. The summed E-state index contributed by atoms with van der Waals surface area (Å²) >= 11 is 1.26. The van der Waals surface area contributed by atoms with Gasteiger partial charge in [-0.1, -0.05) is 25.2 Å². The van der Waals surface area contributed by atoms with Crippen molar-refractivity contribution in [3.8, 4) is 0 Å². The van der Waals surface area contributed by atoms with Gasteiger partial charge in [0, 0.05) is 32.1 Å². The van der Waals surface area contributed by atoms with Gasteiger partial charge in [0.2, 0.25) is 9.97 Å². The van der Waals surface area contributed by atoms with E-state index in [-0.39, 0.29) is 11.8 Å². The first kappa shape index (κ1) is 15.3. The molecule has 1 fully saturated rings. The third-order valence-electron chi connectivity index (χ3n) is 3.54. The molecule has 0 saturated carbocycles. The Hall–Kier alpha value is -1.58. The van der Waals surface area contributed by atoms with Gasteiger partial charge in [0.25, 0.3) is 5.91 Å². The monoisotopic (exact) mass is 324 g/mol. The lowest BCUT2D eigenvalue weighted by molar-refractivity contribution is 0.0383. The maximum Gasteiger partial charge on any atom is 0.282 e. The van der Waals surface area contributed by atoms with E-state index in [9.17, 15) is 4.79 Å². The third kappa shape index (κ3) is 3.26. The number of ether oxygens (including phenoxy) is 1. The third-order valence-corrected chi connectivity index (χ3v) is 4.44. The number of nitrogens with zero attached hydrogens (tertiary/aromatic N) is 5. The average Bonchev–Trinajstić information content (AvgIpc) is 3.08. The van der Waals surface area contributed by atoms with Gasteiger partial charge in [0.05, 0.1) is 13.2 Å². The van der Waals surface area contributed by atoms with Crippen LogP contribution in [0.15, 0.2) is 0 Å². The highest BCUT2D eigenvalue weighted by atomic mass is 32.1. The molecule has 8 nitrogen and oxygen atoms in total. The zero-order valence-electron chi connectivity index (χ0n) is 12.8. The van der Waals surface area contributed by atoms with Crippen molar-refractivity contribution < 1.29 is 9.53 Å². The molecule has 0 aliphatic carbocycles. The van der Waals surface area contributed by atoms with E-state index < -0.39 is 0 Å². The Morgan fingerprint density at radius 1 is 1.36 bits per heavy atom. The minimum atomic E-state index is -0.154. The molecule has 0 bridgehead atoms. The molecule has 1 amide bonds. The maximum atomic E-state index is 12.2. The molecule has 2 aromatic rings. The molecule has 1 aliphatic heterocycles. The van der Waals surface area contributed by atoms with Crippen molar-refractivity contribution in [3.63, 3.8) is 0 Å². The smallest absolute Gasteiger partial charge is 0.282 e. The quantitative estimate of drug-likeness (QED) is 0.855. The number of aromatic nitrogens is 4. The van der Waals surface area contributed by atoms with Crippen LogP contribution in [0.25, 0.3) is 4.96 Å². The van der Waals surface area contributed by atoms with Crippen molar-refractivity contribution in [2.75, 3.05) is 39.4 Å². The first-order chi connectivity index (χ1) is 10.6. The number of hydrogen-bond donors (Lipinski definition) is 1. The number of hydrogen-bond acceptors (Lipinski definition) is 7. The zero-order valence-corrected chi connectivity index (χ0v) is 13.6. The molecule has 3 rings (SSSR count). The highest BCUT2D eigenvalue weighted by molar-refractivity contribution is 7.18. The Bertz CT molecular complexity index is 646. The number of carbonyl (C=O) groups is 1. The van der Waals surface area contributed by atoms with Crippen LogP contribution in [-0.2, 0) is 4.74 Å². The number of nitrogens with one attached hydrogen (secondary N) is 1. The van der Waals surface area contributed by atoms with Gasteiger partial charge in [-0.2, -0.15) is 4.52 Å². The van der Waals surface area contributed by atoms with Gasteiger partial charge in [-0.05, 0) is 0 Å². The number of amides is 1. The number of fused-ring (bicyclic) bond motifs is 1. The molecule has 2 aromatic heterocycles. The van der Waals surface area contributed by atoms with Crippen LogP contribution in [0.3, 0.4) is 0 Å². The van der Waals surface area contributed by atoms with Crippen LogP contribution in [-0.4, -0.2) is 70.0 Å². The second-order valence-electron chi connectivity index (χ2n) is 5.52. The molecule has 1 N–H and O–H groups in total. The molecule has 0 atom stereocenters. The SMILES string of the molecule is CC(C)c1nnc2sc(C(=O)NCCN3CCOCC3)nn12. The van der Waals surface area contributed by atoms with Crippen LogP contribution in [0.1, 0.15) is 35.4 Å². The molecule has 22 heavy (non-hydrogen) atoms. The fourth-order valence-electron chi connectivity index (χ4n) is 2.31. The van der Waals surface area contributed by atoms with E-state index in [0.717, 1.165) is 38.7 Å². The van der Waals surface area contributed by atoms with E-state index in [0.29, 0.717) is 16.5 Å². The van der Waals surface area contributed by atoms with Crippen LogP contribution < -0.4 is 5.32 Å². The van der Waals surface area contributed by atoms with E-state index in [1.54, 1.807) is 4.52 Å². The lowest BCUT2D eigenvalue weighted by Gasteiger charge is -2.26. The second-order valence-corrected chi connectivity index (χ2v) is 6.48. The van der Waals surface area contributed by atoms with Gasteiger partial charge >= 0.3 is 0 Å². The van der Waals surface area contributed by atoms with Crippen molar-refractivity contribution in [1.82, 2.24) is 30.0 Å². The van der Waals surface area contributed by atoms with Crippen molar-refractivity contribution in [2.45, 2.75) is 19.8 Å². The van der Waals surface area contributed by atoms with E-state index in [4.69, 9.17) is 4.74 Å². The Kier molecular flexibility index (Phi) is 4.65. The number of morpholine rings is 1. The maximum absolute atomic E-state index is 12.2. The highest BCUT2D eigenvalue weighted by Gasteiger charge is 2.18. The van der Waals surface area contributed by atoms with Gasteiger partial charge in [0.15, 0.2) is 5.82 Å². The topological polar surface area (TPSA) is 84.7 Å². The number of rotatable bonds is 5. The number of carbonyl (C=O) groups excluding carboxylic acids is 1. The first-order valence-corrected chi connectivity index (χ1v) is 8.27. The Labute approximate surface area is 132 Å². The van der Waals surface area contributed by atoms with Crippen LogP contribution in [0.4, 0.5) is 0 Å². The minimum absolute atomic E-state index is 0.154. The standard InChI is InChI=1S/C13H20N6O2S/c1-9(2)10-15-16-13-19(10)17-12(22-13)11(20)14-3-4-18-5-7-21-8-6-18/h9H,3-8H2,1-2H3,(H,14,20). The Morgan fingerprint density at radius 3 is 2.86 bits per heavy atom. The van der Waals surface area contributed by atoms with Gasteiger partial charge in [-0.3, -0.25) is 9.69 Å². The fraction of sp³-hybridized carbons (Fsp3) is 0.692. The summed E-state index contributed by atoms with van der Waals surface area (Å²) in [6.07, 6.45) is 0. The molecule has 0 unspecified atom stereocenters. The molecule has 120 valence electrons. The summed E-state index contributed by atoms with van der Waals surface area (Å²) in [5.41, 5.74) is 0. The van der Waals surface area contributed by atoms with E-state index in [1.807, 2.05) is 13.8 Å². The van der Waals surface area contributed by atoms with E-state index in [2.05, 4.69) is 25.5 Å². The van der Waals surface area contributed by atoms with E-state index >= 15 is 0 Å². The summed E-state index contributed by atoms with van der Waals surface area (Å²) in [6, 6.07) is 0. The summed E-state index contributed by atoms with van der Waals surface area (Å²) in [5, 5.41) is 15.8. The predicted molar refractivity (Wildman–Crippen MR) is 82.3 cm³/mol. The average molecular weight is 324 g/mol. The summed E-state index contributed by atoms with van der Waals surface area (Å²) < 4.78 is 6.96. The molecule has 0 spiro atoms. The molecule has 3 heterocycles.